The van der Waals surface area contributed by atoms with E-state index in [0.717, 1.165) is 5.01 Å². The normalized spacial score (nSPS) is 10.8. The summed E-state index contributed by atoms with van der Waals surface area (Å²) in [6, 6.07) is 3.41. The minimum atomic E-state index is -0.397. The Balaban J connectivity index is 1.55. The molecule has 7 nitrogen and oxygen atoms in total. The number of rotatable bonds is 5. The van der Waals surface area contributed by atoms with Crippen LogP contribution in [0.5, 0.6) is 0 Å². The zero-order chi connectivity index (χ0) is 15.5. The number of nitrogens with zero attached hydrogens (tertiary/aromatic N) is 3. The molecule has 0 saturated carbocycles. The van der Waals surface area contributed by atoms with E-state index >= 15 is 0 Å². The van der Waals surface area contributed by atoms with Crippen LogP contribution in [0.15, 0.2) is 31.0 Å². The number of ether oxygens (including phenoxy) is 1. The molecule has 0 aliphatic carbocycles. The number of hydrogen-bond donors (Lipinski definition) is 0. The van der Waals surface area contributed by atoms with Crippen molar-refractivity contribution in [2.24, 2.45) is 0 Å². The van der Waals surface area contributed by atoms with Gasteiger partial charge in [-0.2, -0.15) is 0 Å². The van der Waals surface area contributed by atoms with Crippen molar-refractivity contribution in [1.82, 2.24) is 15.2 Å². The lowest BCUT2D eigenvalue weighted by atomic mass is 10.3. The Morgan fingerprint density at radius 3 is 2.91 bits per heavy atom. The van der Waals surface area contributed by atoms with Crippen LogP contribution in [0.1, 0.15) is 16.6 Å². The summed E-state index contributed by atoms with van der Waals surface area (Å²) in [4.78, 5) is 15.9. The molecule has 22 heavy (non-hydrogen) atoms. The first-order chi connectivity index (χ1) is 10.6. The van der Waals surface area contributed by atoms with Crippen molar-refractivity contribution in [1.29, 1.82) is 0 Å². The van der Waals surface area contributed by atoms with Crippen LogP contribution in [-0.4, -0.2) is 21.2 Å². The van der Waals surface area contributed by atoms with Crippen molar-refractivity contribution < 1.29 is 18.4 Å². The SMILES string of the molecule is Cc1nc(CC(=O)OCc2nnc(-c3ccc(Br)o3)o2)cs1. The summed E-state index contributed by atoms with van der Waals surface area (Å²) in [6.45, 7) is 1.79. The molecular weight excluding hydrogens is 374 g/mol. The molecule has 0 N–H and O–H groups in total. The van der Waals surface area contributed by atoms with Crippen LogP contribution in [0.2, 0.25) is 0 Å². The molecule has 0 spiro atoms. The fraction of sp³-hybridized carbons (Fsp3) is 0.231. The summed E-state index contributed by atoms with van der Waals surface area (Å²) >= 11 is 4.68. The van der Waals surface area contributed by atoms with Gasteiger partial charge in [-0.3, -0.25) is 4.79 Å². The van der Waals surface area contributed by atoms with Gasteiger partial charge in [0.1, 0.15) is 0 Å². The van der Waals surface area contributed by atoms with Gasteiger partial charge in [-0.05, 0) is 35.0 Å². The Kier molecular flexibility index (Phi) is 4.34. The lowest BCUT2D eigenvalue weighted by Gasteiger charge is -1.99. The lowest BCUT2D eigenvalue weighted by Crippen LogP contribution is -2.08. The molecule has 0 fully saturated rings. The van der Waals surface area contributed by atoms with Gasteiger partial charge in [0, 0.05) is 5.38 Å². The van der Waals surface area contributed by atoms with Crippen LogP contribution < -0.4 is 0 Å². The van der Waals surface area contributed by atoms with Gasteiger partial charge >= 0.3 is 5.97 Å². The summed E-state index contributed by atoms with van der Waals surface area (Å²) < 4.78 is 16.3. The maximum absolute atomic E-state index is 11.7. The van der Waals surface area contributed by atoms with Gasteiger partial charge in [0.25, 0.3) is 11.8 Å². The molecule has 0 aliphatic rings. The van der Waals surface area contributed by atoms with Gasteiger partial charge in [0.2, 0.25) is 0 Å². The molecule has 114 valence electrons. The second-order valence-electron chi connectivity index (χ2n) is 4.30. The first-order valence-electron chi connectivity index (χ1n) is 6.25. The number of aromatic nitrogens is 3. The van der Waals surface area contributed by atoms with Gasteiger partial charge in [-0.1, -0.05) is 0 Å². The van der Waals surface area contributed by atoms with E-state index in [1.165, 1.54) is 11.3 Å². The molecular formula is C13H10BrN3O4S. The number of hydrogen-bond acceptors (Lipinski definition) is 8. The Labute approximate surface area is 137 Å². The number of carbonyl (C=O) groups is 1. The van der Waals surface area contributed by atoms with E-state index in [1.807, 2.05) is 12.3 Å². The third kappa shape index (κ3) is 3.60. The molecule has 3 rings (SSSR count). The zero-order valence-corrected chi connectivity index (χ0v) is 13.8. The van der Waals surface area contributed by atoms with E-state index in [4.69, 9.17) is 13.6 Å². The van der Waals surface area contributed by atoms with E-state index in [0.29, 0.717) is 16.1 Å². The molecule has 0 atom stereocenters. The second kappa shape index (κ2) is 6.41. The predicted molar refractivity (Wildman–Crippen MR) is 80.1 cm³/mol. The van der Waals surface area contributed by atoms with Crippen molar-refractivity contribution >= 4 is 33.2 Å². The maximum Gasteiger partial charge on any atom is 0.312 e. The number of aryl methyl sites for hydroxylation is 1. The quantitative estimate of drug-likeness (QED) is 0.624. The molecule has 3 aromatic rings. The molecule has 0 aromatic carbocycles. The fourth-order valence-corrected chi connectivity index (χ4v) is 2.59. The van der Waals surface area contributed by atoms with Gasteiger partial charge in [0.05, 0.1) is 17.1 Å². The standard InChI is InChI=1S/C13H10BrN3O4S/c1-7-15-8(6-22-7)4-12(18)19-5-11-16-17-13(21-11)9-2-3-10(14)20-9/h2-3,6H,4-5H2,1H3. The Bertz CT molecular complexity index is 795. The highest BCUT2D eigenvalue weighted by Gasteiger charge is 2.14. The molecule has 0 unspecified atom stereocenters. The lowest BCUT2D eigenvalue weighted by molar-refractivity contribution is -0.144. The highest BCUT2D eigenvalue weighted by atomic mass is 79.9. The maximum atomic E-state index is 11.7. The summed E-state index contributed by atoms with van der Waals surface area (Å²) in [7, 11) is 0. The number of furan rings is 1. The highest BCUT2D eigenvalue weighted by Crippen LogP contribution is 2.23. The summed E-state index contributed by atoms with van der Waals surface area (Å²) in [5, 5.41) is 10.4. The number of esters is 1. The molecule has 0 amide bonds. The number of thiazole rings is 1. The zero-order valence-electron chi connectivity index (χ0n) is 11.4. The highest BCUT2D eigenvalue weighted by molar-refractivity contribution is 9.10. The van der Waals surface area contributed by atoms with Crippen molar-refractivity contribution in [2.45, 2.75) is 20.0 Å². The van der Waals surface area contributed by atoms with E-state index in [9.17, 15) is 4.79 Å². The van der Waals surface area contributed by atoms with Crippen LogP contribution in [0.25, 0.3) is 11.7 Å². The van der Waals surface area contributed by atoms with Crippen LogP contribution in [-0.2, 0) is 22.6 Å². The topological polar surface area (TPSA) is 91.2 Å². The van der Waals surface area contributed by atoms with Gasteiger partial charge in [-0.25, -0.2) is 4.98 Å². The average molecular weight is 384 g/mol. The Morgan fingerprint density at radius 2 is 2.23 bits per heavy atom. The summed E-state index contributed by atoms with van der Waals surface area (Å²) in [5.74, 6) is 0.470. The van der Waals surface area contributed by atoms with E-state index < -0.39 is 5.97 Å². The minimum Gasteiger partial charge on any atom is -0.455 e. The number of halogens is 1. The van der Waals surface area contributed by atoms with Crippen molar-refractivity contribution in [3.8, 4) is 11.7 Å². The largest absolute Gasteiger partial charge is 0.455 e. The predicted octanol–water partition coefficient (Wildman–Crippen LogP) is 3.14. The first kappa shape index (κ1) is 14.9. The van der Waals surface area contributed by atoms with Gasteiger partial charge in [-0.15, -0.1) is 21.5 Å². The molecule has 3 aromatic heterocycles. The van der Waals surface area contributed by atoms with Crippen LogP contribution in [0.4, 0.5) is 0 Å². The Hall–Kier alpha value is -2.00. The van der Waals surface area contributed by atoms with Crippen molar-refractivity contribution in [2.75, 3.05) is 0 Å². The Morgan fingerprint density at radius 1 is 1.36 bits per heavy atom. The smallest absolute Gasteiger partial charge is 0.312 e. The van der Waals surface area contributed by atoms with Gasteiger partial charge in [0.15, 0.2) is 17.0 Å². The molecule has 0 radical (unpaired) electrons. The molecule has 0 aliphatic heterocycles. The van der Waals surface area contributed by atoms with E-state index in [1.54, 1.807) is 12.1 Å². The van der Waals surface area contributed by atoms with Crippen LogP contribution in [0.3, 0.4) is 0 Å². The second-order valence-corrected chi connectivity index (χ2v) is 6.14. The van der Waals surface area contributed by atoms with E-state index in [2.05, 4.69) is 31.1 Å². The van der Waals surface area contributed by atoms with Crippen LogP contribution in [0, 0.1) is 6.92 Å². The monoisotopic (exact) mass is 383 g/mol. The van der Waals surface area contributed by atoms with Crippen molar-refractivity contribution in [3.05, 3.63) is 38.8 Å². The molecule has 0 bridgehead atoms. The third-order valence-corrected chi connectivity index (χ3v) is 3.85. The first-order valence-corrected chi connectivity index (χ1v) is 7.92. The minimum absolute atomic E-state index is 0.0865. The third-order valence-electron chi connectivity index (χ3n) is 2.60. The summed E-state index contributed by atoms with van der Waals surface area (Å²) in [5.41, 5.74) is 0.694. The fourth-order valence-electron chi connectivity index (χ4n) is 1.67. The van der Waals surface area contributed by atoms with Gasteiger partial charge < -0.3 is 13.6 Å². The average Bonchev–Trinajstić information content (AvgIpc) is 3.18. The van der Waals surface area contributed by atoms with Crippen molar-refractivity contribution in [3.63, 3.8) is 0 Å². The van der Waals surface area contributed by atoms with Crippen LogP contribution >= 0.6 is 27.3 Å². The molecule has 0 saturated heterocycles. The van der Waals surface area contributed by atoms with E-state index in [-0.39, 0.29) is 24.8 Å². The molecule has 3 heterocycles. The number of carbonyl (C=O) groups excluding carboxylic acids is 1. The molecule has 9 heteroatoms. The summed E-state index contributed by atoms with van der Waals surface area (Å²) in [6.07, 6.45) is 0.121.